The van der Waals surface area contributed by atoms with E-state index in [1.54, 1.807) is 0 Å². The fourth-order valence-electron chi connectivity index (χ4n) is 3.47. The second-order valence-electron chi connectivity index (χ2n) is 8.01. The number of rotatable bonds is 3. The highest BCUT2D eigenvalue weighted by molar-refractivity contribution is 5.31. The van der Waals surface area contributed by atoms with Crippen molar-refractivity contribution in [2.75, 3.05) is 0 Å². The lowest BCUT2D eigenvalue weighted by atomic mass is 9.67. The minimum Gasteiger partial charge on any atom is -0.490 e. The molecule has 2 fully saturated rings. The van der Waals surface area contributed by atoms with Crippen LogP contribution in [0.4, 0.5) is 0 Å². The highest BCUT2D eigenvalue weighted by atomic mass is 16.5. The van der Waals surface area contributed by atoms with E-state index in [9.17, 15) is 5.11 Å². The van der Waals surface area contributed by atoms with Gasteiger partial charge in [0, 0.05) is 0 Å². The molecule has 2 saturated carbocycles. The predicted octanol–water partition coefficient (Wildman–Crippen LogP) is 4.65. The lowest BCUT2D eigenvalue weighted by molar-refractivity contribution is -0.0298. The van der Waals surface area contributed by atoms with Gasteiger partial charge in [-0.25, -0.2) is 0 Å². The van der Waals surface area contributed by atoms with Crippen LogP contribution in [0.3, 0.4) is 0 Å². The molecule has 1 aromatic carbocycles. The van der Waals surface area contributed by atoms with Gasteiger partial charge in [0.1, 0.15) is 5.75 Å². The fourth-order valence-corrected chi connectivity index (χ4v) is 3.47. The van der Waals surface area contributed by atoms with Gasteiger partial charge in [-0.2, -0.15) is 0 Å². The molecule has 1 N–H and O–H groups in total. The van der Waals surface area contributed by atoms with Gasteiger partial charge in [-0.1, -0.05) is 32.9 Å². The van der Waals surface area contributed by atoms with E-state index in [0.29, 0.717) is 11.5 Å². The molecular weight excluding hydrogens is 260 g/mol. The summed E-state index contributed by atoms with van der Waals surface area (Å²) in [6, 6.07) is 8.13. The van der Waals surface area contributed by atoms with E-state index >= 15 is 0 Å². The van der Waals surface area contributed by atoms with Crippen molar-refractivity contribution >= 4 is 0 Å². The summed E-state index contributed by atoms with van der Waals surface area (Å²) in [7, 11) is 0. The number of ether oxygens (including phenoxy) is 1. The molecule has 0 aromatic heterocycles. The molecule has 0 spiro atoms. The SMILES string of the molecule is CC(C)(C)C1CCC(O)(c2ccc(OC3CC3)cc2)CC1. The molecule has 21 heavy (non-hydrogen) atoms. The third-order valence-electron chi connectivity index (χ3n) is 5.26. The summed E-state index contributed by atoms with van der Waals surface area (Å²) in [6.07, 6.45) is 6.76. The number of hydrogen-bond acceptors (Lipinski definition) is 2. The molecule has 2 heteroatoms. The van der Waals surface area contributed by atoms with Crippen molar-refractivity contribution in [1.82, 2.24) is 0 Å². The highest BCUT2D eigenvalue weighted by Crippen LogP contribution is 2.45. The zero-order chi connectivity index (χ0) is 15.1. The van der Waals surface area contributed by atoms with Crippen molar-refractivity contribution < 1.29 is 9.84 Å². The van der Waals surface area contributed by atoms with Gasteiger partial charge in [-0.05, 0) is 67.6 Å². The van der Waals surface area contributed by atoms with Gasteiger partial charge in [0.15, 0.2) is 0 Å². The summed E-state index contributed by atoms with van der Waals surface area (Å²) < 4.78 is 5.78. The first-order valence-electron chi connectivity index (χ1n) is 8.36. The Morgan fingerprint density at radius 1 is 1.00 bits per heavy atom. The first-order valence-corrected chi connectivity index (χ1v) is 8.36. The van der Waals surface area contributed by atoms with Crippen LogP contribution < -0.4 is 4.74 Å². The van der Waals surface area contributed by atoms with E-state index < -0.39 is 5.60 Å². The first kappa shape index (κ1) is 14.9. The molecule has 0 amide bonds. The Morgan fingerprint density at radius 3 is 2.05 bits per heavy atom. The highest BCUT2D eigenvalue weighted by Gasteiger charge is 2.38. The molecule has 0 unspecified atom stereocenters. The van der Waals surface area contributed by atoms with Crippen molar-refractivity contribution in [1.29, 1.82) is 0 Å². The van der Waals surface area contributed by atoms with Gasteiger partial charge in [-0.15, -0.1) is 0 Å². The maximum Gasteiger partial charge on any atom is 0.119 e. The summed E-state index contributed by atoms with van der Waals surface area (Å²) in [5, 5.41) is 11.0. The van der Waals surface area contributed by atoms with Crippen molar-refractivity contribution in [2.24, 2.45) is 11.3 Å². The summed E-state index contributed by atoms with van der Waals surface area (Å²) in [5.41, 5.74) is 0.765. The van der Waals surface area contributed by atoms with Gasteiger partial charge in [-0.3, -0.25) is 0 Å². The largest absolute Gasteiger partial charge is 0.490 e. The fraction of sp³-hybridized carbons (Fsp3) is 0.684. The number of hydrogen-bond donors (Lipinski definition) is 1. The Kier molecular flexibility index (Phi) is 3.77. The molecule has 1 aromatic rings. The van der Waals surface area contributed by atoms with E-state index in [4.69, 9.17) is 4.74 Å². The Morgan fingerprint density at radius 2 is 1.57 bits per heavy atom. The smallest absolute Gasteiger partial charge is 0.119 e. The molecule has 2 aliphatic rings. The van der Waals surface area contributed by atoms with E-state index in [1.807, 2.05) is 12.1 Å². The lowest BCUT2D eigenvalue weighted by Crippen LogP contribution is -2.35. The molecule has 2 nitrogen and oxygen atoms in total. The van der Waals surface area contributed by atoms with Crippen LogP contribution in [-0.4, -0.2) is 11.2 Å². The van der Waals surface area contributed by atoms with Crippen LogP contribution in [0.2, 0.25) is 0 Å². The molecule has 2 aliphatic carbocycles. The van der Waals surface area contributed by atoms with Crippen molar-refractivity contribution in [3.63, 3.8) is 0 Å². The van der Waals surface area contributed by atoms with E-state index in [1.165, 1.54) is 12.8 Å². The molecular formula is C19H28O2. The minimum absolute atomic E-state index is 0.350. The van der Waals surface area contributed by atoms with Crippen LogP contribution in [0.1, 0.15) is 64.9 Å². The molecule has 0 radical (unpaired) electrons. The summed E-state index contributed by atoms with van der Waals surface area (Å²) in [6.45, 7) is 6.93. The van der Waals surface area contributed by atoms with Crippen molar-refractivity contribution in [3.8, 4) is 5.75 Å². The van der Waals surface area contributed by atoms with Crippen LogP contribution >= 0.6 is 0 Å². The molecule has 116 valence electrons. The zero-order valence-electron chi connectivity index (χ0n) is 13.6. The van der Waals surface area contributed by atoms with Crippen LogP contribution in [0, 0.1) is 11.3 Å². The maximum absolute atomic E-state index is 11.0. The van der Waals surface area contributed by atoms with Gasteiger partial charge in [0.25, 0.3) is 0 Å². The second kappa shape index (κ2) is 5.31. The van der Waals surface area contributed by atoms with Crippen LogP contribution in [0.25, 0.3) is 0 Å². The monoisotopic (exact) mass is 288 g/mol. The van der Waals surface area contributed by atoms with Crippen molar-refractivity contribution in [2.45, 2.75) is 71.0 Å². The lowest BCUT2D eigenvalue weighted by Gasteiger charge is -2.41. The number of aliphatic hydroxyl groups is 1. The van der Waals surface area contributed by atoms with E-state index in [0.717, 1.165) is 42.9 Å². The minimum atomic E-state index is -0.639. The molecule has 0 atom stereocenters. The Bertz CT molecular complexity index is 471. The average Bonchev–Trinajstić information content (AvgIpc) is 3.23. The first-order chi connectivity index (χ1) is 9.87. The molecule has 3 rings (SSSR count). The van der Waals surface area contributed by atoms with Gasteiger partial charge in [0.2, 0.25) is 0 Å². The standard InChI is InChI=1S/C19H28O2/c1-18(2,3)14-10-12-19(20,13-11-14)15-4-6-16(7-5-15)21-17-8-9-17/h4-7,14,17,20H,8-13H2,1-3H3. The average molecular weight is 288 g/mol. The number of benzene rings is 1. The molecule has 0 bridgehead atoms. The quantitative estimate of drug-likeness (QED) is 0.877. The van der Waals surface area contributed by atoms with Gasteiger partial charge < -0.3 is 9.84 Å². The summed E-state index contributed by atoms with van der Waals surface area (Å²) >= 11 is 0. The topological polar surface area (TPSA) is 29.5 Å². The predicted molar refractivity (Wildman–Crippen MR) is 85.4 cm³/mol. The third-order valence-corrected chi connectivity index (χ3v) is 5.26. The van der Waals surface area contributed by atoms with Gasteiger partial charge in [0.05, 0.1) is 11.7 Å². The van der Waals surface area contributed by atoms with Crippen LogP contribution in [-0.2, 0) is 5.60 Å². The van der Waals surface area contributed by atoms with Crippen LogP contribution in [0.15, 0.2) is 24.3 Å². The van der Waals surface area contributed by atoms with Gasteiger partial charge >= 0.3 is 0 Å². The van der Waals surface area contributed by atoms with Crippen LogP contribution in [0.5, 0.6) is 5.75 Å². The zero-order valence-corrected chi connectivity index (χ0v) is 13.6. The Hall–Kier alpha value is -1.02. The summed E-state index contributed by atoms with van der Waals surface area (Å²) in [4.78, 5) is 0. The molecule has 0 saturated heterocycles. The third kappa shape index (κ3) is 3.42. The van der Waals surface area contributed by atoms with E-state index in [-0.39, 0.29) is 0 Å². The van der Waals surface area contributed by atoms with E-state index in [2.05, 4.69) is 32.9 Å². The Labute approximate surface area is 128 Å². The maximum atomic E-state index is 11.0. The normalized spacial score (nSPS) is 30.2. The van der Waals surface area contributed by atoms with Crippen molar-refractivity contribution in [3.05, 3.63) is 29.8 Å². The Balaban J connectivity index is 1.65. The summed E-state index contributed by atoms with van der Waals surface area (Å²) in [5.74, 6) is 1.66. The molecule has 0 aliphatic heterocycles. The second-order valence-corrected chi connectivity index (χ2v) is 8.01. The molecule has 0 heterocycles.